The van der Waals surface area contributed by atoms with E-state index in [1.165, 1.54) is 121 Å². The number of unbranched alkanes of at least 4 members (excludes halogenated alkanes) is 15. The van der Waals surface area contributed by atoms with Crippen molar-refractivity contribution in [2.45, 2.75) is 123 Å². The number of hydrogen-bond acceptors (Lipinski definition) is 1. The fraction of sp³-hybridized carbons (Fsp3) is 0.880. The van der Waals surface area contributed by atoms with Crippen LogP contribution in [0.3, 0.4) is 0 Å². The Morgan fingerprint density at radius 2 is 1.10 bits per heavy atom. The van der Waals surface area contributed by atoms with Gasteiger partial charge in [0.1, 0.15) is 12.4 Å². The van der Waals surface area contributed by atoms with Gasteiger partial charge in [0.25, 0.3) is 0 Å². The third-order valence-electron chi connectivity index (χ3n) is 5.67. The summed E-state index contributed by atoms with van der Waals surface area (Å²) in [5.41, 5.74) is 0. The van der Waals surface area contributed by atoms with E-state index in [9.17, 15) is 0 Å². The zero-order chi connectivity index (χ0) is 20.1. The number of halogens is 1. The van der Waals surface area contributed by atoms with Crippen molar-refractivity contribution in [2.75, 3.05) is 11.5 Å². The largest absolute Gasteiger partial charge is 1.00 e. The van der Waals surface area contributed by atoms with E-state index in [4.69, 9.17) is 0 Å². The number of imidazole rings is 1. The minimum absolute atomic E-state index is 0. The lowest BCUT2D eigenvalue weighted by Crippen LogP contribution is -3.00. The molecule has 0 bridgehead atoms. The zero-order valence-electron chi connectivity index (χ0n) is 19.6. The molecule has 0 aliphatic rings. The molecule has 1 aromatic heterocycles. The molecule has 0 saturated carbocycles. The molecule has 0 atom stereocenters. The first-order valence-electron chi connectivity index (χ1n) is 12.4. The van der Waals surface area contributed by atoms with E-state index < -0.39 is 0 Å². The summed E-state index contributed by atoms with van der Waals surface area (Å²) in [4.78, 5) is 0. The Morgan fingerprint density at radius 1 is 0.655 bits per heavy atom. The van der Waals surface area contributed by atoms with Crippen molar-refractivity contribution in [1.82, 2.24) is 4.57 Å². The minimum Gasteiger partial charge on any atom is -1.00 e. The van der Waals surface area contributed by atoms with Crippen LogP contribution in [0.5, 0.6) is 0 Å². The van der Waals surface area contributed by atoms with Crippen molar-refractivity contribution in [3.63, 3.8) is 0 Å². The molecule has 0 unspecified atom stereocenters. The minimum atomic E-state index is 0. The molecule has 4 heteroatoms. The molecule has 0 spiro atoms. The van der Waals surface area contributed by atoms with Crippen LogP contribution in [-0.2, 0) is 13.6 Å². The van der Waals surface area contributed by atoms with E-state index in [-0.39, 0.29) is 24.0 Å². The van der Waals surface area contributed by atoms with E-state index in [2.05, 4.69) is 53.6 Å². The summed E-state index contributed by atoms with van der Waals surface area (Å²) in [7, 11) is 2.09. The summed E-state index contributed by atoms with van der Waals surface area (Å²) < 4.78 is 4.40. The normalized spacial score (nSPS) is 11.0. The van der Waals surface area contributed by atoms with Gasteiger partial charge in [-0.15, -0.1) is 0 Å². The van der Waals surface area contributed by atoms with Crippen molar-refractivity contribution < 1.29 is 28.5 Å². The lowest BCUT2D eigenvalue weighted by molar-refractivity contribution is -0.671. The fourth-order valence-electron chi connectivity index (χ4n) is 3.84. The van der Waals surface area contributed by atoms with Crippen LogP contribution in [0.25, 0.3) is 0 Å². The Kier molecular flexibility index (Phi) is 23.2. The monoisotopic (exact) mass is 536 g/mol. The Balaban J connectivity index is 0.00000784. The van der Waals surface area contributed by atoms with Crippen molar-refractivity contribution in [2.24, 2.45) is 7.05 Å². The van der Waals surface area contributed by atoms with Crippen molar-refractivity contribution in [3.8, 4) is 0 Å². The van der Waals surface area contributed by atoms with Gasteiger partial charge in [0, 0.05) is 0 Å². The van der Waals surface area contributed by atoms with Crippen molar-refractivity contribution >= 4 is 11.8 Å². The Bertz CT molecular complexity index is 436. The van der Waals surface area contributed by atoms with Crippen LogP contribution in [-0.4, -0.2) is 16.1 Å². The maximum absolute atomic E-state index is 2.30. The highest BCUT2D eigenvalue weighted by atomic mass is 127. The lowest BCUT2D eigenvalue weighted by Gasteiger charge is -2.04. The van der Waals surface area contributed by atoms with E-state index in [0.717, 1.165) is 6.54 Å². The topological polar surface area (TPSA) is 8.81 Å². The number of rotatable bonds is 21. The highest BCUT2D eigenvalue weighted by Gasteiger charge is 1.99. The van der Waals surface area contributed by atoms with Gasteiger partial charge in [0.15, 0.2) is 0 Å². The summed E-state index contributed by atoms with van der Waals surface area (Å²) in [6, 6.07) is 0. The molecule has 1 rings (SSSR count). The first kappa shape index (κ1) is 29.3. The Labute approximate surface area is 204 Å². The number of aryl methyl sites for hydroxylation is 2. The van der Waals surface area contributed by atoms with Crippen LogP contribution in [0.2, 0.25) is 0 Å². The summed E-state index contributed by atoms with van der Waals surface area (Å²) in [5.74, 6) is 2.67. The molecule has 2 nitrogen and oxygen atoms in total. The number of hydrogen-bond donors (Lipinski definition) is 0. The second-order valence-corrected chi connectivity index (χ2v) is 9.81. The van der Waals surface area contributed by atoms with Gasteiger partial charge in [-0.2, -0.15) is 11.8 Å². The molecule has 0 fully saturated rings. The molecule has 1 aromatic rings. The van der Waals surface area contributed by atoms with Crippen LogP contribution >= 0.6 is 11.8 Å². The summed E-state index contributed by atoms with van der Waals surface area (Å²) in [6.07, 6.45) is 31.1. The molecule has 0 amide bonds. The molecule has 0 saturated heterocycles. The van der Waals surface area contributed by atoms with Crippen LogP contribution in [0.1, 0.15) is 116 Å². The first-order valence-corrected chi connectivity index (χ1v) is 13.6. The third-order valence-corrected chi connectivity index (χ3v) is 6.83. The predicted octanol–water partition coefficient (Wildman–Crippen LogP) is 4.70. The van der Waals surface area contributed by atoms with E-state index in [1.54, 1.807) is 0 Å². The van der Waals surface area contributed by atoms with Gasteiger partial charge in [-0.3, -0.25) is 0 Å². The fourth-order valence-corrected chi connectivity index (χ4v) is 4.78. The van der Waals surface area contributed by atoms with Gasteiger partial charge in [0.05, 0.1) is 13.6 Å². The van der Waals surface area contributed by atoms with E-state index in [1.807, 2.05) is 0 Å². The Morgan fingerprint density at radius 3 is 1.55 bits per heavy atom. The average molecular weight is 537 g/mol. The highest BCUT2D eigenvalue weighted by Crippen LogP contribution is 2.14. The second kappa shape index (κ2) is 23.0. The zero-order valence-corrected chi connectivity index (χ0v) is 22.5. The van der Waals surface area contributed by atoms with E-state index >= 15 is 0 Å². The van der Waals surface area contributed by atoms with Gasteiger partial charge < -0.3 is 24.0 Å². The Hall–Kier alpha value is 0.290. The summed E-state index contributed by atoms with van der Waals surface area (Å²) >= 11 is 2.15. The number of thioether (sulfide) groups is 1. The van der Waals surface area contributed by atoms with Gasteiger partial charge in [-0.05, 0) is 24.3 Å². The SMILES string of the molecule is CCCCCCCCCCCCCCCCCCSCCCn1cc[n+](C)c1.[I-]. The van der Waals surface area contributed by atoms with E-state index in [0.29, 0.717) is 0 Å². The molecule has 29 heavy (non-hydrogen) atoms. The van der Waals surface area contributed by atoms with Crippen LogP contribution in [0, 0.1) is 0 Å². The van der Waals surface area contributed by atoms with Crippen LogP contribution < -0.4 is 28.5 Å². The van der Waals surface area contributed by atoms with Crippen LogP contribution in [0.4, 0.5) is 0 Å². The third kappa shape index (κ3) is 20.0. The van der Waals surface area contributed by atoms with Gasteiger partial charge in [-0.1, -0.05) is 103 Å². The summed E-state index contributed by atoms with van der Waals surface area (Å²) in [5, 5.41) is 0. The standard InChI is InChI=1S/C25H49N2S.HI/c1-3-4-5-6-7-8-9-10-11-12-13-14-15-16-17-18-23-28-24-19-20-27-22-21-26(2)25-27;/h21-22,25H,3-20,23-24H2,1-2H3;1H/q+1;/p-1. The molecule has 0 N–H and O–H groups in total. The number of nitrogens with zero attached hydrogens (tertiary/aromatic N) is 2. The second-order valence-electron chi connectivity index (χ2n) is 8.59. The molecule has 0 aliphatic heterocycles. The number of aromatic nitrogens is 2. The lowest BCUT2D eigenvalue weighted by atomic mass is 10.0. The van der Waals surface area contributed by atoms with Crippen molar-refractivity contribution in [3.05, 3.63) is 18.7 Å². The first-order chi connectivity index (χ1) is 13.8. The molecule has 0 radical (unpaired) electrons. The van der Waals surface area contributed by atoms with Crippen molar-refractivity contribution in [1.29, 1.82) is 0 Å². The maximum atomic E-state index is 2.30. The molecular weight excluding hydrogens is 487 g/mol. The predicted molar refractivity (Wildman–Crippen MR) is 127 cm³/mol. The van der Waals surface area contributed by atoms with Gasteiger partial charge >= 0.3 is 0 Å². The smallest absolute Gasteiger partial charge is 0.243 e. The van der Waals surface area contributed by atoms with Gasteiger partial charge in [-0.25, -0.2) is 9.13 Å². The molecule has 0 aliphatic carbocycles. The molecule has 0 aromatic carbocycles. The molecule has 1 heterocycles. The maximum Gasteiger partial charge on any atom is 0.243 e. The summed E-state index contributed by atoms with van der Waals surface area (Å²) in [6.45, 7) is 3.46. The van der Waals surface area contributed by atoms with Gasteiger partial charge in [0.2, 0.25) is 6.33 Å². The molecular formula is C25H49IN2S. The van der Waals surface area contributed by atoms with Crippen LogP contribution in [0.15, 0.2) is 18.7 Å². The molecule has 172 valence electrons. The highest BCUT2D eigenvalue weighted by molar-refractivity contribution is 7.99. The average Bonchev–Trinajstić information content (AvgIpc) is 3.11. The quantitative estimate of drug-likeness (QED) is 0.126.